The van der Waals surface area contributed by atoms with Crippen LogP contribution in [-0.2, 0) is 10.0 Å². The fourth-order valence-corrected chi connectivity index (χ4v) is 5.42. The number of hydrogen-bond acceptors (Lipinski definition) is 8. The predicted molar refractivity (Wildman–Crippen MR) is 107 cm³/mol. The Morgan fingerprint density at radius 3 is 2.59 bits per heavy atom. The number of phenols is 1. The standard InChI is InChI=1S/C18H18N4O5S2/c1-27-12-5-6-13(15(23)11-12)18(24)21-7-9-22(10-8-21)29(25,26)16-4-2-3-14-17(16)20-28-19-14/h2-6,11,23H,7-10H2,1H3. The predicted octanol–water partition coefficient (Wildman–Crippen LogP) is 1.55. The van der Waals surface area contributed by atoms with Crippen molar-refractivity contribution in [1.82, 2.24) is 18.0 Å². The van der Waals surface area contributed by atoms with Gasteiger partial charge in [-0.3, -0.25) is 4.79 Å². The van der Waals surface area contributed by atoms with E-state index < -0.39 is 10.0 Å². The summed E-state index contributed by atoms with van der Waals surface area (Å²) in [6.07, 6.45) is 0. The lowest BCUT2D eigenvalue weighted by molar-refractivity contribution is 0.0695. The van der Waals surface area contributed by atoms with Crippen molar-refractivity contribution >= 4 is 38.7 Å². The van der Waals surface area contributed by atoms with Crippen LogP contribution in [0, 0.1) is 0 Å². The summed E-state index contributed by atoms with van der Waals surface area (Å²) in [5, 5.41) is 10.1. The third-order valence-electron chi connectivity index (χ3n) is 4.83. The molecule has 0 unspecified atom stereocenters. The van der Waals surface area contributed by atoms with Crippen molar-refractivity contribution in [2.75, 3.05) is 33.3 Å². The minimum atomic E-state index is -3.76. The van der Waals surface area contributed by atoms with Crippen molar-refractivity contribution in [3.05, 3.63) is 42.0 Å². The van der Waals surface area contributed by atoms with Crippen LogP contribution in [-0.4, -0.2) is 70.7 Å². The van der Waals surface area contributed by atoms with Gasteiger partial charge in [0, 0.05) is 32.2 Å². The van der Waals surface area contributed by atoms with E-state index in [-0.39, 0.29) is 48.3 Å². The van der Waals surface area contributed by atoms with Gasteiger partial charge in [0.25, 0.3) is 5.91 Å². The van der Waals surface area contributed by atoms with Gasteiger partial charge in [-0.15, -0.1) is 0 Å². The second-order valence-electron chi connectivity index (χ2n) is 6.47. The summed E-state index contributed by atoms with van der Waals surface area (Å²) >= 11 is 0.967. The zero-order valence-corrected chi connectivity index (χ0v) is 17.1. The number of nitrogens with zero attached hydrogens (tertiary/aromatic N) is 4. The number of rotatable bonds is 4. The van der Waals surface area contributed by atoms with Gasteiger partial charge in [0.15, 0.2) is 0 Å². The molecule has 0 atom stereocenters. The lowest BCUT2D eigenvalue weighted by Crippen LogP contribution is -2.50. The van der Waals surface area contributed by atoms with Gasteiger partial charge in [-0.25, -0.2) is 8.42 Å². The molecule has 9 nitrogen and oxygen atoms in total. The maximum Gasteiger partial charge on any atom is 0.257 e. The second-order valence-corrected chi connectivity index (χ2v) is 8.90. The number of carbonyl (C=O) groups is 1. The van der Waals surface area contributed by atoms with Crippen molar-refractivity contribution in [2.45, 2.75) is 4.90 Å². The molecule has 1 aliphatic heterocycles. The van der Waals surface area contributed by atoms with Crippen LogP contribution >= 0.6 is 11.7 Å². The lowest BCUT2D eigenvalue weighted by Gasteiger charge is -2.34. The Kier molecular flexibility index (Phi) is 5.11. The first-order valence-electron chi connectivity index (χ1n) is 8.79. The Hall–Kier alpha value is -2.76. The van der Waals surface area contributed by atoms with Gasteiger partial charge in [0.05, 0.1) is 24.4 Å². The van der Waals surface area contributed by atoms with Crippen LogP contribution in [0.3, 0.4) is 0 Å². The summed E-state index contributed by atoms with van der Waals surface area (Å²) in [6.45, 7) is 0.738. The van der Waals surface area contributed by atoms with Gasteiger partial charge >= 0.3 is 0 Å². The van der Waals surface area contributed by atoms with E-state index in [4.69, 9.17) is 4.74 Å². The normalized spacial score (nSPS) is 15.6. The molecule has 1 fully saturated rings. The van der Waals surface area contributed by atoms with E-state index in [9.17, 15) is 18.3 Å². The molecule has 1 saturated heterocycles. The number of carbonyl (C=O) groups excluding carboxylic acids is 1. The monoisotopic (exact) mass is 434 g/mol. The lowest BCUT2D eigenvalue weighted by atomic mass is 10.1. The molecule has 29 heavy (non-hydrogen) atoms. The van der Waals surface area contributed by atoms with Crippen molar-refractivity contribution in [1.29, 1.82) is 0 Å². The summed E-state index contributed by atoms with van der Waals surface area (Å²) in [5.41, 5.74) is 1.06. The summed E-state index contributed by atoms with van der Waals surface area (Å²) in [6, 6.07) is 9.34. The molecule has 1 amide bonds. The Bertz CT molecular complexity index is 1170. The number of aromatic hydroxyl groups is 1. The summed E-state index contributed by atoms with van der Waals surface area (Å²) in [5.74, 6) is -0.0826. The summed E-state index contributed by atoms with van der Waals surface area (Å²) in [4.78, 5) is 14.4. The molecule has 11 heteroatoms. The number of aromatic nitrogens is 2. The molecule has 1 N–H and O–H groups in total. The van der Waals surface area contributed by atoms with E-state index in [0.29, 0.717) is 16.8 Å². The number of ether oxygens (including phenoxy) is 1. The number of hydrogen-bond donors (Lipinski definition) is 1. The van der Waals surface area contributed by atoms with Crippen molar-refractivity contribution < 1.29 is 23.1 Å². The molecular formula is C18H18N4O5S2. The molecule has 0 saturated carbocycles. The molecule has 0 radical (unpaired) electrons. The number of piperazine rings is 1. The van der Waals surface area contributed by atoms with Gasteiger partial charge < -0.3 is 14.7 Å². The average molecular weight is 434 g/mol. The molecule has 2 aromatic carbocycles. The second kappa shape index (κ2) is 7.58. The molecule has 152 valence electrons. The molecule has 0 spiro atoms. The molecule has 3 aromatic rings. The summed E-state index contributed by atoms with van der Waals surface area (Å²) in [7, 11) is -2.29. The highest BCUT2D eigenvalue weighted by atomic mass is 32.2. The number of benzene rings is 2. The first kappa shape index (κ1) is 19.6. The van der Waals surface area contributed by atoms with Gasteiger partial charge in [-0.1, -0.05) is 6.07 Å². The van der Waals surface area contributed by atoms with Gasteiger partial charge in [0.2, 0.25) is 10.0 Å². The SMILES string of the molecule is COc1ccc(C(=O)N2CCN(S(=O)(=O)c3cccc4nsnc34)CC2)c(O)c1. The highest BCUT2D eigenvalue weighted by Gasteiger charge is 2.32. The minimum absolute atomic E-state index is 0.122. The smallest absolute Gasteiger partial charge is 0.257 e. The van der Waals surface area contributed by atoms with Crippen molar-refractivity contribution in [3.8, 4) is 11.5 Å². The Balaban J connectivity index is 1.50. The Morgan fingerprint density at radius 1 is 1.14 bits per heavy atom. The van der Waals surface area contributed by atoms with E-state index in [1.54, 1.807) is 18.2 Å². The number of sulfonamides is 1. The molecule has 1 aromatic heterocycles. The quantitative estimate of drug-likeness (QED) is 0.663. The van der Waals surface area contributed by atoms with Crippen LogP contribution in [0.1, 0.15) is 10.4 Å². The molecule has 2 heterocycles. The van der Waals surface area contributed by atoms with Gasteiger partial charge in [-0.2, -0.15) is 13.1 Å². The van der Waals surface area contributed by atoms with Crippen LogP contribution in [0.2, 0.25) is 0 Å². The molecule has 1 aliphatic rings. The highest BCUT2D eigenvalue weighted by molar-refractivity contribution is 7.89. The third kappa shape index (κ3) is 3.52. The zero-order chi connectivity index (χ0) is 20.6. The highest BCUT2D eigenvalue weighted by Crippen LogP contribution is 2.27. The van der Waals surface area contributed by atoms with Crippen LogP contribution < -0.4 is 4.74 Å². The molecule has 0 aliphatic carbocycles. The average Bonchev–Trinajstić information content (AvgIpc) is 3.22. The molecule has 0 bridgehead atoms. The Labute approximate surface area is 171 Å². The van der Waals surface area contributed by atoms with Gasteiger partial charge in [-0.05, 0) is 24.3 Å². The fraction of sp³-hybridized carbons (Fsp3) is 0.278. The minimum Gasteiger partial charge on any atom is -0.507 e. The number of fused-ring (bicyclic) bond motifs is 1. The fourth-order valence-electron chi connectivity index (χ4n) is 3.25. The van der Waals surface area contributed by atoms with E-state index >= 15 is 0 Å². The maximum atomic E-state index is 13.1. The van der Waals surface area contributed by atoms with E-state index in [1.807, 2.05) is 0 Å². The zero-order valence-electron chi connectivity index (χ0n) is 15.5. The van der Waals surface area contributed by atoms with E-state index in [0.717, 1.165) is 11.7 Å². The van der Waals surface area contributed by atoms with E-state index in [2.05, 4.69) is 8.75 Å². The first-order chi connectivity index (χ1) is 13.9. The van der Waals surface area contributed by atoms with Crippen LogP contribution in [0.5, 0.6) is 11.5 Å². The largest absolute Gasteiger partial charge is 0.507 e. The van der Waals surface area contributed by atoms with Crippen molar-refractivity contribution in [2.24, 2.45) is 0 Å². The van der Waals surface area contributed by atoms with Crippen LogP contribution in [0.4, 0.5) is 0 Å². The number of amides is 1. The molecular weight excluding hydrogens is 416 g/mol. The third-order valence-corrected chi connectivity index (χ3v) is 7.30. The van der Waals surface area contributed by atoms with Crippen LogP contribution in [0.25, 0.3) is 11.0 Å². The number of phenolic OH excluding ortho intramolecular Hbond substituents is 1. The van der Waals surface area contributed by atoms with E-state index in [1.165, 1.54) is 34.5 Å². The Morgan fingerprint density at radius 2 is 1.90 bits per heavy atom. The molecule has 4 rings (SSSR count). The van der Waals surface area contributed by atoms with Crippen molar-refractivity contribution in [3.63, 3.8) is 0 Å². The summed E-state index contributed by atoms with van der Waals surface area (Å²) < 4.78 is 40.7. The van der Waals surface area contributed by atoms with Crippen LogP contribution in [0.15, 0.2) is 41.3 Å². The maximum absolute atomic E-state index is 13.1. The topological polar surface area (TPSA) is 113 Å². The number of methoxy groups -OCH3 is 1. The van der Waals surface area contributed by atoms with Gasteiger partial charge in [0.1, 0.15) is 27.4 Å². The first-order valence-corrected chi connectivity index (χ1v) is 11.0.